The van der Waals surface area contributed by atoms with E-state index in [9.17, 15) is 0 Å². The zero-order valence-electron chi connectivity index (χ0n) is 11.2. The van der Waals surface area contributed by atoms with Crippen LogP contribution in [0.15, 0.2) is 0 Å². The van der Waals surface area contributed by atoms with Gasteiger partial charge in [-0.25, -0.2) is 0 Å². The third kappa shape index (κ3) is 2.41. The maximum atomic E-state index is 6.09. The van der Waals surface area contributed by atoms with Crippen molar-refractivity contribution in [2.24, 2.45) is 0 Å². The SMILES string of the molecule is CC1OCCC1NC1CC(C)(C)OC1(C)C. The summed E-state index contributed by atoms with van der Waals surface area (Å²) >= 11 is 0. The number of hydrogen-bond donors (Lipinski definition) is 1. The van der Waals surface area contributed by atoms with Gasteiger partial charge >= 0.3 is 0 Å². The average Bonchev–Trinajstić information content (AvgIpc) is 2.56. The Bertz CT molecular complexity index is 263. The molecule has 0 bridgehead atoms. The molecule has 1 N–H and O–H groups in total. The van der Waals surface area contributed by atoms with Crippen LogP contribution in [0.2, 0.25) is 0 Å². The van der Waals surface area contributed by atoms with Crippen molar-refractivity contribution in [2.75, 3.05) is 6.61 Å². The predicted octanol–water partition coefficient (Wildman–Crippen LogP) is 2.10. The molecule has 3 atom stereocenters. The molecule has 2 aliphatic heterocycles. The van der Waals surface area contributed by atoms with Crippen molar-refractivity contribution >= 4 is 0 Å². The minimum Gasteiger partial charge on any atom is -0.377 e. The summed E-state index contributed by atoms with van der Waals surface area (Å²) in [5.41, 5.74) is -0.0876. The van der Waals surface area contributed by atoms with Gasteiger partial charge in [0.25, 0.3) is 0 Å². The Balaban J connectivity index is 1.99. The third-order valence-corrected chi connectivity index (χ3v) is 3.87. The van der Waals surface area contributed by atoms with Crippen LogP contribution in [0.25, 0.3) is 0 Å². The standard InChI is InChI=1S/C13H25NO2/c1-9-10(6-7-15-9)14-11-8-12(2,3)16-13(11,4)5/h9-11,14H,6-8H2,1-5H3. The molecule has 2 saturated heterocycles. The molecule has 2 rings (SSSR count). The van der Waals surface area contributed by atoms with Crippen LogP contribution < -0.4 is 5.32 Å². The van der Waals surface area contributed by atoms with Gasteiger partial charge < -0.3 is 14.8 Å². The van der Waals surface area contributed by atoms with E-state index in [1.807, 2.05) is 0 Å². The molecular weight excluding hydrogens is 202 g/mol. The van der Waals surface area contributed by atoms with Crippen molar-refractivity contribution in [3.63, 3.8) is 0 Å². The van der Waals surface area contributed by atoms with Crippen LogP contribution in [-0.2, 0) is 9.47 Å². The predicted molar refractivity (Wildman–Crippen MR) is 64.6 cm³/mol. The van der Waals surface area contributed by atoms with E-state index >= 15 is 0 Å². The maximum Gasteiger partial charge on any atom is 0.0787 e. The highest BCUT2D eigenvalue weighted by Gasteiger charge is 2.47. The Morgan fingerprint density at radius 1 is 1.19 bits per heavy atom. The van der Waals surface area contributed by atoms with Crippen molar-refractivity contribution in [3.05, 3.63) is 0 Å². The van der Waals surface area contributed by atoms with Gasteiger partial charge in [-0.2, -0.15) is 0 Å². The average molecular weight is 227 g/mol. The topological polar surface area (TPSA) is 30.5 Å². The summed E-state index contributed by atoms with van der Waals surface area (Å²) in [5.74, 6) is 0. The fourth-order valence-electron chi connectivity index (χ4n) is 3.03. The molecule has 0 aromatic rings. The lowest BCUT2D eigenvalue weighted by molar-refractivity contribution is -0.0708. The van der Waals surface area contributed by atoms with Crippen molar-refractivity contribution in [3.8, 4) is 0 Å². The van der Waals surface area contributed by atoms with Crippen LogP contribution in [0.4, 0.5) is 0 Å². The Labute approximate surface area is 98.9 Å². The minimum absolute atomic E-state index is 0.0101. The lowest BCUT2D eigenvalue weighted by Crippen LogP contribution is -2.50. The monoisotopic (exact) mass is 227 g/mol. The van der Waals surface area contributed by atoms with Crippen molar-refractivity contribution < 1.29 is 9.47 Å². The summed E-state index contributed by atoms with van der Waals surface area (Å²) in [5, 5.41) is 3.72. The summed E-state index contributed by atoms with van der Waals surface area (Å²) in [4.78, 5) is 0. The van der Waals surface area contributed by atoms with Gasteiger partial charge in [-0.05, 0) is 47.5 Å². The van der Waals surface area contributed by atoms with E-state index < -0.39 is 0 Å². The maximum absolute atomic E-state index is 6.09. The first kappa shape index (κ1) is 12.3. The normalized spacial score (nSPS) is 41.4. The van der Waals surface area contributed by atoms with Gasteiger partial charge in [0.2, 0.25) is 0 Å². The molecule has 0 aromatic carbocycles. The van der Waals surface area contributed by atoms with E-state index in [2.05, 4.69) is 39.9 Å². The second-order valence-electron chi connectivity index (χ2n) is 6.36. The molecular formula is C13H25NO2. The largest absolute Gasteiger partial charge is 0.377 e. The summed E-state index contributed by atoms with van der Waals surface area (Å²) < 4.78 is 11.7. The van der Waals surface area contributed by atoms with Crippen LogP contribution in [0.3, 0.4) is 0 Å². The van der Waals surface area contributed by atoms with E-state index in [0.717, 1.165) is 19.4 Å². The van der Waals surface area contributed by atoms with Crippen LogP contribution >= 0.6 is 0 Å². The fraction of sp³-hybridized carbons (Fsp3) is 1.00. The first-order valence-corrected chi connectivity index (χ1v) is 6.38. The summed E-state index contributed by atoms with van der Waals surface area (Å²) in [6.45, 7) is 11.7. The highest BCUT2D eigenvalue weighted by molar-refractivity contribution is 5.01. The Morgan fingerprint density at radius 2 is 1.88 bits per heavy atom. The lowest BCUT2D eigenvalue weighted by atomic mass is 9.93. The lowest BCUT2D eigenvalue weighted by Gasteiger charge is -2.30. The molecule has 0 aliphatic carbocycles. The van der Waals surface area contributed by atoms with E-state index in [0.29, 0.717) is 18.2 Å². The van der Waals surface area contributed by atoms with E-state index in [4.69, 9.17) is 9.47 Å². The molecule has 2 heterocycles. The van der Waals surface area contributed by atoms with Gasteiger partial charge in [0.15, 0.2) is 0 Å². The van der Waals surface area contributed by atoms with E-state index in [1.165, 1.54) is 0 Å². The summed E-state index contributed by atoms with van der Waals surface area (Å²) in [7, 11) is 0. The Hall–Kier alpha value is -0.120. The Morgan fingerprint density at radius 3 is 2.31 bits per heavy atom. The summed E-state index contributed by atoms with van der Waals surface area (Å²) in [6.07, 6.45) is 2.52. The van der Waals surface area contributed by atoms with E-state index in [-0.39, 0.29) is 11.2 Å². The van der Waals surface area contributed by atoms with Gasteiger partial charge in [-0.3, -0.25) is 0 Å². The minimum atomic E-state index is -0.0776. The van der Waals surface area contributed by atoms with Crippen LogP contribution in [0.5, 0.6) is 0 Å². The van der Waals surface area contributed by atoms with Crippen molar-refractivity contribution in [1.82, 2.24) is 5.32 Å². The molecule has 16 heavy (non-hydrogen) atoms. The molecule has 0 radical (unpaired) electrons. The molecule has 2 fully saturated rings. The van der Waals surface area contributed by atoms with Gasteiger partial charge in [0, 0.05) is 18.7 Å². The molecule has 3 unspecified atom stereocenters. The highest BCUT2D eigenvalue weighted by Crippen LogP contribution is 2.37. The number of rotatable bonds is 2. The van der Waals surface area contributed by atoms with Gasteiger partial charge in [0.1, 0.15) is 0 Å². The first-order chi connectivity index (χ1) is 7.30. The smallest absolute Gasteiger partial charge is 0.0787 e. The Kier molecular flexibility index (Phi) is 3.06. The van der Waals surface area contributed by atoms with Crippen molar-refractivity contribution in [2.45, 2.75) is 76.9 Å². The molecule has 0 aromatic heterocycles. The molecule has 3 nitrogen and oxygen atoms in total. The molecule has 2 aliphatic rings. The molecule has 3 heteroatoms. The molecule has 94 valence electrons. The van der Waals surface area contributed by atoms with Crippen LogP contribution in [0.1, 0.15) is 47.5 Å². The molecule has 0 amide bonds. The number of nitrogens with one attached hydrogen (secondary N) is 1. The second kappa shape index (κ2) is 3.97. The van der Waals surface area contributed by atoms with Crippen molar-refractivity contribution in [1.29, 1.82) is 0 Å². The quantitative estimate of drug-likeness (QED) is 0.783. The zero-order chi connectivity index (χ0) is 12.0. The van der Waals surface area contributed by atoms with Crippen LogP contribution in [0, 0.1) is 0 Å². The number of ether oxygens (including phenoxy) is 2. The highest BCUT2D eigenvalue weighted by atomic mass is 16.5. The second-order valence-corrected chi connectivity index (χ2v) is 6.36. The third-order valence-electron chi connectivity index (χ3n) is 3.87. The fourth-order valence-corrected chi connectivity index (χ4v) is 3.03. The van der Waals surface area contributed by atoms with Gasteiger partial charge in [0.05, 0.1) is 17.3 Å². The van der Waals surface area contributed by atoms with Gasteiger partial charge in [-0.1, -0.05) is 0 Å². The van der Waals surface area contributed by atoms with Crippen LogP contribution in [-0.4, -0.2) is 36.0 Å². The molecule has 0 saturated carbocycles. The van der Waals surface area contributed by atoms with E-state index in [1.54, 1.807) is 0 Å². The van der Waals surface area contributed by atoms with Gasteiger partial charge in [-0.15, -0.1) is 0 Å². The number of hydrogen-bond acceptors (Lipinski definition) is 3. The molecule has 0 spiro atoms. The first-order valence-electron chi connectivity index (χ1n) is 6.38. The summed E-state index contributed by atoms with van der Waals surface area (Å²) in [6, 6.07) is 0.915. The zero-order valence-corrected chi connectivity index (χ0v) is 11.2.